The minimum atomic E-state index is -4.33. The molecule has 0 aliphatic carbocycles. The van der Waals surface area contributed by atoms with E-state index in [1.807, 2.05) is 0 Å². The zero-order valence-corrected chi connectivity index (χ0v) is 10.9. The van der Waals surface area contributed by atoms with Crippen LogP contribution in [0.3, 0.4) is 0 Å². The van der Waals surface area contributed by atoms with Gasteiger partial charge in [-0.25, -0.2) is 0 Å². The maximum Gasteiger partial charge on any atom is 0.267 e. The Hall–Kier alpha value is -0.410. The average molecular weight is 304 g/mol. The van der Waals surface area contributed by atoms with E-state index in [1.54, 1.807) is 0 Å². The van der Waals surface area contributed by atoms with Crippen LogP contribution in [0.4, 0.5) is 0 Å². The molecule has 1 unspecified atom stereocenters. The number of aliphatic hydroxyl groups is 4. The molecule has 0 rings (SSSR count). The minimum absolute atomic E-state index is 0.327. The molecule has 0 aliphatic rings. The molecule has 9 N–H and O–H groups in total. The van der Waals surface area contributed by atoms with E-state index >= 15 is 0 Å². The Balaban J connectivity index is 4.54. The highest BCUT2D eigenvalue weighted by Crippen LogP contribution is 1.94. The lowest BCUT2D eigenvalue weighted by molar-refractivity contribution is 0.0337. The number of aliphatic hydroxyl groups excluding tert-OH is 4. The van der Waals surface area contributed by atoms with Crippen molar-refractivity contribution in [2.24, 2.45) is 0 Å². The first-order valence-electron chi connectivity index (χ1n) is 5.24. The molecule has 19 heavy (non-hydrogen) atoms. The van der Waals surface area contributed by atoms with Gasteiger partial charge in [0.1, 0.15) is 5.75 Å². The smallest absolute Gasteiger partial charge is 0.267 e. The van der Waals surface area contributed by atoms with Crippen LogP contribution in [0.2, 0.25) is 0 Å². The van der Waals surface area contributed by atoms with Crippen molar-refractivity contribution in [1.29, 1.82) is 0 Å². The first kappa shape index (κ1) is 18.6. The Morgan fingerprint density at radius 2 is 1.37 bits per heavy atom. The average Bonchev–Trinajstić information content (AvgIpc) is 2.25. The largest absolute Gasteiger partial charge is 0.391 e. The first-order valence-corrected chi connectivity index (χ1v) is 6.85. The third-order valence-electron chi connectivity index (χ3n) is 2.04. The Labute approximate surface area is 110 Å². The molecule has 0 saturated heterocycles. The number of hydrogen-bond donors (Lipinski definition) is 9. The highest BCUT2D eigenvalue weighted by Gasteiger charge is 2.28. The van der Waals surface area contributed by atoms with Crippen LogP contribution in [-0.2, 0) is 10.1 Å². The van der Waals surface area contributed by atoms with Gasteiger partial charge in [0.05, 0.1) is 26.3 Å². The zero-order valence-electron chi connectivity index (χ0n) is 10.1. The predicted octanol–water partition coefficient (Wildman–Crippen LogP) is -4.95. The minimum Gasteiger partial charge on any atom is -0.391 e. The van der Waals surface area contributed by atoms with Crippen molar-refractivity contribution in [3.63, 3.8) is 0 Å². The third-order valence-corrected chi connectivity index (χ3v) is 2.84. The van der Waals surface area contributed by atoms with E-state index in [0.717, 1.165) is 0 Å². The van der Waals surface area contributed by atoms with Crippen molar-refractivity contribution in [3.8, 4) is 0 Å². The summed E-state index contributed by atoms with van der Waals surface area (Å²) < 4.78 is 29.6. The molecule has 0 amide bonds. The molecule has 0 spiro atoms. The van der Waals surface area contributed by atoms with Crippen molar-refractivity contribution in [3.05, 3.63) is 0 Å². The van der Waals surface area contributed by atoms with Gasteiger partial charge in [0, 0.05) is 6.54 Å². The molecule has 0 aromatic heterocycles. The van der Waals surface area contributed by atoms with Gasteiger partial charge < -0.3 is 20.4 Å². The van der Waals surface area contributed by atoms with E-state index < -0.39 is 48.1 Å². The van der Waals surface area contributed by atoms with Gasteiger partial charge in [-0.2, -0.15) is 8.42 Å². The van der Waals surface area contributed by atoms with Gasteiger partial charge in [0.25, 0.3) is 10.1 Å². The van der Waals surface area contributed by atoms with Crippen molar-refractivity contribution in [1.82, 2.24) is 21.3 Å². The Morgan fingerprint density at radius 1 is 0.947 bits per heavy atom. The molecule has 0 radical (unpaired) electrons. The van der Waals surface area contributed by atoms with Gasteiger partial charge in [-0.3, -0.25) is 25.8 Å². The Kier molecular flexibility index (Phi) is 8.51. The van der Waals surface area contributed by atoms with E-state index in [1.165, 1.54) is 0 Å². The molecule has 0 heterocycles. The molecule has 11 nitrogen and oxygen atoms in total. The van der Waals surface area contributed by atoms with Crippen LogP contribution in [0, 0.1) is 0 Å². The van der Waals surface area contributed by atoms with Gasteiger partial charge >= 0.3 is 0 Å². The zero-order chi connectivity index (χ0) is 14.9. The summed E-state index contributed by atoms with van der Waals surface area (Å²) in [5.41, 5.74) is 0. The lowest BCUT2D eigenvalue weighted by Gasteiger charge is -2.36. The van der Waals surface area contributed by atoms with Gasteiger partial charge in [0.15, 0.2) is 5.91 Å². The molecule has 0 bridgehead atoms. The van der Waals surface area contributed by atoms with Crippen LogP contribution in [0.1, 0.15) is 0 Å². The second-order valence-corrected chi connectivity index (χ2v) is 5.04. The lowest BCUT2D eigenvalue weighted by Crippen LogP contribution is -2.75. The van der Waals surface area contributed by atoms with Crippen molar-refractivity contribution in [2.75, 3.05) is 32.5 Å². The van der Waals surface area contributed by atoms with E-state index in [2.05, 4.69) is 21.3 Å². The van der Waals surface area contributed by atoms with Crippen LogP contribution in [0.15, 0.2) is 0 Å². The molecule has 12 heteroatoms. The SMILES string of the molecule is O=S(=O)(O)CC(O)CNC(NCO)(NCO)NCO. The Bertz CT molecular complexity index is 321. The van der Waals surface area contributed by atoms with E-state index in [9.17, 15) is 13.5 Å². The summed E-state index contributed by atoms with van der Waals surface area (Å²) in [7, 11) is -4.33. The van der Waals surface area contributed by atoms with Crippen LogP contribution in [-0.4, -0.2) is 77.9 Å². The van der Waals surface area contributed by atoms with E-state index in [-0.39, 0.29) is 6.54 Å². The van der Waals surface area contributed by atoms with Crippen LogP contribution in [0.5, 0.6) is 0 Å². The first-order chi connectivity index (χ1) is 8.78. The van der Waals surface area contributed by atoms with Crippen LogP contribution >= 0.6 is 0 Å². The summed E-state index contributed by atoms with van der Waals surface area (Å²) in [6.07, 6.45) is -1.43. The molecule has 1 atom stereocenters. The summed E-state index contributed by atoms with van der Waals surface area (Å²) in [6, 6.07) is 0. The van der Waals surface area contributed by atoms with Gasteiger partial charge in [0.2, 0.25) is 0 Å². The molecular weight excluding hydrogens is 284 g/mol. The fourth-order valence-corrected chi connectivity index (χ4v) is 1.91. The number of nitrogens with one attached hydrogen (secondary N) is 4. The predicted molar refractivity (Wildman–Crippen MR) is 63.8 cm³/mol. The molecule has 116 valence electrons. The quantitative estimate of drug-likeness (QED) is 0.132. The fourth-order valence-electron chi connectivity index (χ4n) is 1.30. The standard InChI is InChI=1S/C7H20N4O7S/c12-3-9-7(10-4-13,11-5-14)8-1-6(15)2-19(16,17)18/h6,8-15H,1-5H2,(H,16,17,18). The van der Waals surface area contributed by atoms with Crippen molar-refractivity contribution < 1.29 is 33.4 Å². The second-order valence-electron chi connectivity index (χ2n) is 3.54. The van der Waals surface area contributed by atoms with Gasteiger partial charge in [-0.1, -0.05) is 0 Å². The topological polar surface area (TPSA) is 183 Å². The van der Waals surface area contributed by atoms with Gasteiger partial charge in [-0.05, 0) is 0 Å². The third kappa shape index (κ3) is 8.38. The van der Waals surface area contributed by atoms with Crippen LogP contribution in [0.25, 0.3) is 0 Å². The summed E-state index contributed by atoms with van der Waals surface area (Å²) in [5.74, 6) is -2.41. The number of rotatable bonds is 11. The molecule has 0 aliphatic heterocycles. The lowest BCUT2D eigenvalue weighted by atomic mass is 10.4. The summed E-state index contributed by atoms with van der Waals surface area (Å²) in [5, 5.41) is 45.5. The summed E-state index contributed by atoms with van der Waals surface area (Å²) in [6.45, 7) is -1.99. The molecule has 0 aromatic rings. The monoisotopic (exact) mass is 304 g/mol. The Morgan fingerprint density at radius 3 is 1.68 bits per heavy atom. The van der Waals surface area contributed by atoms with Crippen LogP contribution < -0.4 is 21.3 Å². The molecule has 0 aromatic carbocycles. The molecule has 0 saturated carbocycles. The molecule has 0 fully saturated rings. The fraction of sp³-hybridized carbons (Fsp3) is 1.00. The maximum atomic E-state index is 10.5. The second kappa shape index (κ2) is 8.70. The summed E-state index contributed by atoms with van der Waals surface area (Å²) in [4.78, 5) is 0. The van der Waals surface area contributed by atoms with E-state index in [0.29, 0.717) is 0 Å². The van der Waals surface area contributed by atoms with Gasteiger partial charge in [-0.15, -0.1) is 0 Å². The highest BCUT2D eigenvalue weighted by molar-refractivity contribution is 7.85. The van der Waals surface area contributed by atoms with Crippen molar-refractivity contribution in [2.45, 2.75) is 12.0 Å². The molecular formula is C7H20N4O7S. The van der Waals surface area contributed by atoms with E-state index in [4.69, 9.17) is 19.9 Å². The van der Waals surface area contributed by atoms with Crippen molar-refractivity contribution >= 4 is 10.1 Å². The summed E-state index contributed by atoms with van der Waals surface area (Å²) >= 11 is 0. The normalized spacial score (nSPS) is 14.6. The highest BCUT2D eigenvalue weighted by atomic mass is 32.2. The number of hydrogen-bond acceptors (Lipinski definition) is 10. The maximum absolute atomic E-state index is 10.5.